The summed E-state index contributed by atoms with van der Waals surface area (Å²) in [6, 6.07) is 0. The predicted octanol–water partition coefficient (Wildman–Crippen LogP) is 0.197. The summed E-state index contributed by atoms with van der Waals surface area (Å²) in [5, 5.41) is 10.6. The zero-order chi connectivity index (χ0) is 11.5. The molecule has 0 bridgehead atoms. The number of ether oxygens (including phenoxy) is 1. The SMILES string of the molecule is COCC(C)(N)C1(O)CCCN(C)CC1. The van der Waals surface area contributed by atoms with Crippen LogP contribution in [0.25, 0.3) is 0 Å². The maximum atomic E-state index is 10.6. The number of hydrogen-bond acceptors (Lipinski definition) is 4. The number of likely N-dealkylation sites (tertiary alicyclic amines) is 1. The zero-order valence-corrected chi connectivity index (χ0v) is 10.1. The van der Waals surface area contributed by atoms with Gasteiger partial charge in [-0.25, -0.2) is 0 Å². The molecule has 1 heterocycles. The van der Waals surface area contributed by atoms with Gasteiger partial charge in [0.25, 0.3) is 0 Å². The molecule has 0 aromatic rings. The minimum atomic E-state index is -0.798. The largest absolute Gasteiger partial charge is 0.388 e. The topological polar surface area (TPSA) is 58.7 Å². The molecule has 90 valence electrons. The van der Waals surface area contributed by atoms with Crippen molar-refractivity contribution in [2.45, 2.75) is 37.3 Å². The van der Waals surface area contributed by atoms with Crippen LogP contribution in [-0.4, -0.2) is 55.0 Å². The molecule has 4 nitrogen and oxygen atoms in total. The molecule has 0 aromatic heterocycles. The third-order valence-corrected chi connectivity index (χ3v) is 3.54. The van der Waals surface area contributed by atoms with Crippen LogP contribution in [0, 0.1) is 0 Å². The summed E-state index contributed by atoms with van der Waals surface area (Å²) < 4.78 is 5.09. The van der Waals surface area contributed by atoms with Crippen LogP contribution in [0.15, 0.2) is 0 Å². The molecule has 2 atom stereocenters. The number of nitrogens with two attached hydrogens (primary N) is 1. The number of hydrogen-bond donors (Lipinski definition) is 2. The Bertz CT molecular complexity index is 209. The van der Waals surface area contributed by atoms with Gasteiger partial charge < -0.3 is 20.5 Å². The lowest BCUT2D eigenvalue weighted by atomic mass is 9.77. The molecule has 0 aliphatic carbocycles. The van der Waals surface area contributed by atoms with Gasteiger partial charge in [0.1, 0.15) is 0 Å². The molecule has 0 radical (unpaired) electrons. The van der Waals surface area contributed by atoms with Gasteiger partial charge in [-0.15, -0.1) is 0 Å². The monoisotopic (exact) mass is 216 g/mol. The van der Waals surface area contributed by atoms with E-state index in [0.717, 1.165) is 32.4 Å². The van der Waals surface area contributed by atoms with Crippen molar-refractivity contribution in [2.24, 2.45) is 5.73 Å². The fraction of sp³-hybridized carbons (Fsp3) is 1.00. The van der Waals surface area contributed by atoms with Gasteiger partial charge in [-0.05, 0) is 39.8 Å². The molecule has 0 spiro atoms. The van der Waals surface area contributed by atoms with Gasteiger partial charge in [0.05, 0.1) is 17.7 Å². The Labute approximate surface area is 92.4 Å². The van der Waals surface area contributed by atoms with E-state index in [1.807, 2.05) is 6.92 Å². The van der Waals surface area contributed by atoms with E-state index in [0.29, 0.717) is 6.61 Å². The van der Waals surface area contributed by atoms with E-state index in [2.05, 4.69) is 11.9 Å². The first-order chi connectivity index (χ1) is 6.91. The minimum absolute atomic E-state index is 0.396. The second kappa shape index (κ2) is 4.78. The van der Waals surface area contributed by atoms with Crippen LogP contribution >= 0.6 is 0 Å². The lowest BCUT2D eigenvalue weighted by Crippen LogP contribution is -2.61. The number of aliphatic hydroxyl groups is 1. The molecule has 1 rings (SSSR count). The summed E-state index contributed by atoms with van der Waals surface area (Å²) in [7, 11) is 3.70. The smallest absolute Gasteiger partial charge is 0.0858 e. The Balaban J connectivity index is 2.71. The lowest BCUT2D eigenvalue weighted by Gasteiger charge is -2.41. The molecule has 4 heteroatoms. The number of rotatable bonds is 3. The molecular weight excluding hydrogens is 192 g/mol. The van der Waals surface area contributed by atoms with Crippen molar-refractivity contribution in [1.29, 1.82) is 0 Å². The van der Waals surface area contributed by atoms with Gasteiger partial charge in [0.2, 0.25) is 0 Å². The molecule has 1 aliphatic rings. The molecule has 15 heavy (non-hydrogen) atoms. The maximum Gasteiger partial charge on any atom is 0.0858 e. The molecule has 1 fully saturated rings. The van der Waals surface area contributed by atoms with Crippen molar-refractivity contribution in [1.82, 2.24) is 4.90 Å². The third-order valence-electron chi connectivity index (χ3n) is 3.54. The molecule has 2 unspecified atom stereocenters. The van der Waals surface area contributed by atoms with Crippen LogP contribution in [0.2, 0.25) is 0 Å². The van der Waals surface area contributed by atoms with Gasteiger partial charge in [-0.3, -0.25) is 0 Å². The maximum absolute atomic E-state index is 10.6. The predicted molar refractivity (Wildman–Crippen MR) is 60.8 cm³/mol. The highest BCUT2D eigenvalue weighted by atomic mass is 16.5. The van der Waals surface area contributed by atoms with Crippen LogP contribution in [0.5, 0.6) is 0 Å². The fourth-order valence-corrected chi connectivity index (χ4v) is 2.26. The summed E-state index contributed by atoms with van der Waals surface area (Å²) in [4.78, 5) is 2.24. The summed E-state index contributed by atoms with van der Waals surface area (Å²) in [5.74, 6) is 0. The molecule has 1 aliphatic heterocycles. The number of methoxy groups -OCH3 is 1. The molecule has 1 saturated heterocycles. The first-order valence-electron chi connectivity index (χ1n) is 5.60. The van der Waals surface area contributed by atoms with Crippen LogP contribution in [-0.2, 0) is 4.74 Å². The van der Waals surface area contributed by atoms with E-state index in [9.17, 15) is 5.11 Å². The second-order valence-electron chi connectivity index (χ2n) is 5.04. The van der Waals surface area contributed by atoms with E-state index < -0.39 is 11.1 Å². The van der Waals surface area contributed by atoms with E-state index >= 15 is 0 Å². The Morgan fingerprint density at radius 2 is 2.13 bits per heavy atom. The summed E-state index contributed by atoms with van der Waals surface area (Å²) in [6.45, 7) is 4.20. The van der Waals surface area contributed by atoms with Crippen LogP contribution < -0.4 is 5.73 Å². The van der Waals surface area contributed by atoms with E-state index in [4.69, 9.17) is 10.5 Å². The average molecular weight is 216 g/mol. The van der Waals surface area contributed by atoms with E-state index in [1.165, 1.54) is 0 Å². The molecule has 0 saturated carbocycles. The van der Waals surface area contributed by atoms with Crippen molar-refractivity contribution in [3.63, 3.8) is 0 Å². The van der Waals surface area contributed by atoms with Crippen LogP contribution in [0.4, 0.5) is 0 Å². The molecule has 0 aromatic carbocycles. The first kappa shape index (κ1) is 12.9. The van der Waals surface area contributed by atoms with Crippen molar-refractivity contribution in [3.8, 4) is 0 Å². The Morgan fingerprint density at radius 3 is 2.73 bits per heavy atom. The molecule has 3 N–H and O–H groups in total. The van der Waals surface area contributed by atoms with Crippen molar-refractivity contribution < 1.29 is 9.84 Å². The molecular formula is C11H24N2O2. The highest BCUT2D eigenvalue weighted by molar-refractivity contribution is 5.01. The first-order valence-corrected chi connectivity index (χ1v) is 5.60. The summed E-state index contributed by atoms with van der Waals surface area (Å²) in [5.41, 5.74) is 4.70. The van der Waals surface area contributed by atoms with Crippen LogP contribution in [0.3, 0.4) is 0 Å². The summed E-state index contributed by atoms with van der Waals surface area (Å²) >= 11 is 0. The normalized spacial score (nSPS) is 33.4. The van der Waals surface area contributed by atoms with Crippen molar-refractivity contribution in [2.75, 3.05) is 33.9 Å². The Hall–Kier alpha value is -0.160. The van der Waals surface area contributed by atoms with Crippen molar-refractivity contribution >= 4 is 0 Å². The molecule has 0 amide bonds. The van der Waals surface area contributed by atoms with Gasteiger partial charge in [-0.2, -0.15) is 0 Å². The number of nitrogens with zero attached hydrogens (tertiary/aromatic N) is 1. The minimum Gasteiger partial charge on any atom is -0.388 e. The standard InChI is InChI=1S/C11H24N2O2/c1-10(12,9-15-3)11(14)5-4-7-13(2)8-6-11/h14H,4-9,12H2,1-3H3. The van der Waals surface area contributed by atoms with Gasteiger partial charge in [-0.1, -0.05) is 0 Å². The highest BCUT2D eigenvalue weighted by Gasteiger charge is 2.44. The lowest BCUT2D eigenvalue weighted by molar-refractivity contribution is -0.0667. The average Bonchev–Trinajstić information content (AvgIpc) is 2.30. The van der Waals surface area contributed by atoms with Gasteiger partial charge in [0, 0.05) is 13.7 Å². The second-order valence-corrected chi connectivity index (χ2v) is 5.04. The highest BCUT2D eigenvalue weighted by Crippen LogP contribution is 2.31. The third kappa shape index (κ3) is 2.91. The van der Waals surface area contributed by atoms with Crippen LogP contribution in [0.1, 0.15) is 26.2 Å². The van der Waals surface area contributed by atoms with Gasteiger partial charge in [0.15, 0.2) is 0 Å². The quantitative estimate of drug-likeness (QED) is 0.707. The Kier molecular flexibility index (Phi) is 4.12. The Morgan fingerprint density at radius 1 is 1.47 bits per heavy atom. The van der Waals surface area contributed by atoms with E-state index in [1.54, 1.807) is 7.11 Å². The fourth-order valence-electron chi connectivity index (χ4n) is 2.26. The van der Waals surface area contributed by atoms with Crippen molar-refractivity contribution in [3.05, 3.63) is 0 Å². The van der Waals surface area contributed by atoms with Gasteiger partial charge >= 0.3 is 0 Å². The summed E-state index contributed by atoms with van der Waals surface area (Å²) in [6.07, 6.45) is 2.47. The van der Waals surface area contributed by atoms with E-state index in [-0.39, 0.29) is 0 Å². The zero-order valence-electron chi connectivity index (χ0n) is 10.1.